The third kappa shape index (κ3) is 5.02. The highest BCUT2D eigenvalue weighted by Gasteiger charge is 2.62. The molecule has 1 aliphatic heterocycles. The van der Waals surface area contributed by atoms with E-state index in [0.29, 0.717) is 0 Å². The van der Waals surface area contributed by atoms with E-state index in [1.807, 2.05) is 0 Å². The highest BCUT2D eigenvalue weighted by molar-refractivity contribution is 6.00. The molecule has 35 heavy (non-hydrogen) atoms. The molecule has 1 aliphatic rings. The first-order valence-electron chi connectivity index (χ1n) is 10.2. The predicted octanol–water partition coefficient (Wildman–Crippen LogP) is 6.71. The first-order valence-corrected chi connectivity index (χ1v) is 10.2. The van der Waals surface area contributed by atoms with Crippen LogP contribution in [0.2, 0.25) is 0 Å². The quantitative estimate of drug-likeness (QED) is 0.384. The number of carbonyl (C=O) groups excluding carboxylic acids is 1. The van der Waals surface area contributed by atoms with Crippen LogP contribution in [-0.2, 0) is 16.5 Å². The van der Waals surface area contributed by atoms with E-state index in [0.717, 1.165) is 24.3 Å². The first kappa shape index (κ1) is 24.3. The van der Waals surface area contributed by atoms with Gasteiger partial charge in [0.1, 0.15) is 11.4 Å². The van der Waals surface area contributed by atoms with E-state index in [-0.39, 0.29) is 41.6 Å². The van der Waals surface area contributed by atoms with Crippen LogP contribution in [0.25, 0.3) is 0 Å². The lowest BCUT2D eigenvalue weighted by molar-refractivity contribution is -0.333. The number of halogens is 6. The number of hydrogen-bond donors (Lipinski definition) is 2. The van der Waals surface area contributed by atoms with E-state index in [1.54, 1.807) is 0 Å². The zero-order chi connectivity index (χ0) is 25.3. The van der Waals surface area contributed by atoms with Gasteiger partial charge in [0, 0.05) is 23.9 Å². The molecule has 1 unspecified atom stereocenters. The van der Waals surface area contributed by atoms with Crippen molar-refractivity contribution >= 4 is 17.4 Å². The van der Waals surface area contributed by atoms with Gasteiger partial charge in [-0.3, -0.25) is 0 Å². The Bertz CT molecular complexity index is 1210. The summed E-state index contributed by atoms with van der Waals surface area (Å²) in [6.07, 6.45) is -8.16. The van der Waals surface area contributed by atoms with Crippen LogP contribution >= 0.6 is 0 Å². The van der Waals surface area contributed by atoms with Gasteiger partial charge in [0.25, 0.3) is 0 Å². The summed E-state index contributed by atoms with van der Waals surface area (Å²) in [5, 5.41) is 4.79. The fraction of sp³-hybridized carbons (Fsp3) is 0.217. The Kier molecular flexibility index (Phi) is 6.32. The number of para-hydroxylation sites is 1. The predicted molar refractivity (Wildman–Crippen MR) is 113 cm³/mol. The molecule has 6 nitrogen and oxygen atoms in total. The molecule has 0 bridgehead atoms. The molecule has 2 N–H and O–H groups in total. The maximum Gasteiger partial charge on any atom is 0.421 e. The van der Waals surface area contributed by atoms with Crippen molar-refractivity contribution in [3.8, 4) is 11.6 Å². The molecule has 1 aromatic heterocycles. The van der Waals surface area contributed by atoms with Gasteiger partial charge >= 0.3 is 18.4 Å². The molecule has 0 radical (unpaired) electrons. The fourth-order valence-electron chi connectivity index (χ4n) is 3.48. The number of pyridine rings is 1. The van der Waals surface area contributed by atoms with Crippen LogP contribution in [0.4, 0.5) is 42.5 Å². The molecule has 0 saturated carbocycles. The molecule has 3 aromatic rings. The van der Waals surface area contributed by atoms with Crippen LogP contribution in [0, 0.1) is 0 Å². The molecule has 1 fully saturated rings. The van der Waals surface area contributed by atoms with E-state index < -0.39 is 29.5 Å². The molecule has 0 aliphatic carbocycles. The maximum atomic E-state index is 13.8. The number of aromatic nitrogens is 1. The second kappa shape index (κ2) is 9.10. The number of amides is 2. The SMILES string of the molecule is O=C(Nc1ccc(C(F)(F)F)cc1)Nc1cccnc1Oc1ccccc1C1(C(F)(F)F)CCO1. The number of ether oxygens (including phenoxy) is 2. The van der Waals surface area contributed by atoms with Gasteiger partial charge in [-0.25, -0.2) is 9.78 Å². The van der Waals surface area contributed by atoms with Crippen LogP contribution < -0.4 is 15.4 Å². The molecular weight excluding hydrogens is 480 g/mol. The summed E-state index contributed by atoms with van der Waals surface area (Å²) in [4.78, 5) is 16.4. The Hall–Kier alpha value is -3.80. The Morgan fingerprint density at radius 2 is 1.63 bits per heavy atom. The minimum Gasteiger partial charge on any atom is -0.437 e. The highest BCUT2D eigenvalue weighted by Crippen LogP contribution is 2.53. The number of anilines is 2. The van der Waals surface area contributed by atoms with Gasteiger partial charge in [-0.15, -0.1) is 0 Å². The minimum atomic E-state index is -4.68. The average molecular weight is 497 g/mol. The van der Waals surface area contributed by atoms with Gasteiger partial charge in [0.05, 0.1) is 12.2 Å². The lowest BCUT2D eigenvalue weighted by atomic mass is 9.85. The Labute approximate surface area is 194 Å². The van der Waals surface area contributed by atoms with Gasteiger partial charge in [-0.2, -0.15) is 26.3 Å². The first-order chi connectivity index (χ1) is 16.5. The molecule has 184 valence electrons. The Morgan fingerprint density at radius 3 is 2.23 bits per heavy atom. The molecule has 1 saturated heterocycles. The normalized spacial score (nSPS) is 17.9. The fourth-order valence-corrected chi connectivity index (χ4v) is 3.48. The van der Waals surface area contributed by atoms with E-state index in [2.05, 4.69) is 15.6 Å². The highest BCUT2D eigenvalue weighted by atomic mass is 19.4. The zero-order valence-corrected chi connectivity index (χ0v) is 17.7. The number of urea groups is 1. The van der Waals surface area contributed by atoms with Crippen molar-refractivity contribution in [1.29, 1.82) is 0 Å². The second-order valence-electron chi connectivity index (χ2n) is 7.53. The summed E-state index contributed by atoms with van der Waals surface area (Å²) >= 11 is 0. The van der Waals surface area contributed by atoms with Crippen molar-refractivity contribution in [1.82, 2.24) is 4.98 Å². The number of alkyl halides is 6. The molecule has 1 atom stereocenters. The van der Waals surface area contributed by atoms with E-state index in [9.17, 15) is 31.1 Å². The Balaban J connectivity index is 1.53. The molecule has 12 heteroatoms. The lowest BCUT2D eigenvalue weighted by Crippen LogP contribution is -2.52. The molecule has 4 rings (SSSR count). The average Bonchev–Trinajstić information content (AvgIpc) is 2.74. The van der Waals surface area contributed by atoms with Gasteiger partial charge in [0.15, 0.2) is 5.60 Å². The smallest absolute Gasteiger partial charge is 0.421 e. The molecule has 2 heterocycles. The zero-order valence-electron chi connectivity index (χ0n) is 17.7. The third-order valence-corrected chi connectivity index (χ3v) is 5.28. The summed E-state index contributed by atoms with van der Waals surface area (Å²) in [5.41, 5.74) is -3.52. The number of nitrogens with zero attached hydrogens (tertiary/aromatic N) is 1. The van der Waals surface area contributed by atoms with Gasteiger partial charge in [-0.1, -0.05) is 18.2 Å². The summed E-state index contributed by atoms with van der Waals surface area (Å²) in [5.74, 6) is -0.353. The number of benzene rings is 2. The summed E-state index contributed by atoms with van der Waals surface area (Å²) in [7, 11) is 0. The lowest BCUT2D eigenvalue weighted by Gasteiger charge is -2.43. The second-order valence-corrected chi connectivity index (χ2v) is 7.53. The van der Waals surface area contributed by atoms with Crippen LogP contribution in [-0.4, -0.2) is 23.8 Å². The maximum absolute atomic E-state index is 13.8. The van der Waals surface area contributed by atoms with Crippen molar-refractivity contribution in [3.63, 3.8) is 0 Å². The largest absolute Gasteiger partial charge is 0.437 e. The van der Waals surface area contributed by atoms with Crippen LogP contribution in [0.5, 0.6) is 11.6 Å². The summed E-state index contributed by atoms with van der Waals surface area (Å²) in [6, 6.07) is 11.3. The molecule has 2 aromatic carbocycles. The number of carbonyl (C=O) groups is 1. The monoisotopic (exact) mass is 497 g/mol. The van der Waals surface area contributed by atoms with Crippen molar-refractivity contribution in [2.24, 2.45) is 0 Å². The summed E-state index contributed by atoms with van der Waals surface area (Å²) in [6.45, 7) is -0.0612. The topological polar surface area (TPSA) is 72.5 Å². The van der Waals surface area contributed by atoms with Crippen molar-refractivity contribution in [3.05, 3.63) is 78.0 Å². The number of hydrogen-bond acceptors (Lipinski definition) is 4. The van der Waals surface area contributed by atoms with Gasteiger partial charge < -0.3 is 20.1 Å². The van der Waals surface area contributed by atoms with E-state index in [4.69, 9.17) is 9.47 Å². The van der Waals surface area contributed by atoms with Crippen LogP contribution in [0.15, 0.2) is 66.9 Å². The Morgan fingerprint density at radius 1 is 0.943 bits per heavy atom. The van der Waals surface area contributed by atoms with Crippen molar-refractivity contribution < 1.29 is 40.6 Å². The van der Waals surface area contributed by atoms with E-state index >= 15 is 0 Å². The van der Waals surface area contributed by atoms with Crippen molar-refractivity contribution in [2.45, 2.75) is 24.4 Å². The standard InChI is InChI=1S/C23H17F6N3O3/c24-22(25,26)14-7-9-15(10-8-14)31-20(33)32-17-5-3-12-30-19(17)35-18-6-2-1-4-16(18)21(11-13-34-21)23(27,28)29/h1-10,12H,11,13H2,(H2,31,32,33). The molecule has 0 spiro atoms. The summed E-state index contributed by atoms with van der Waals surface area (Å²) < 4.78 is 90.1. The molecular formula is C23H17F6N3O3. The third-order valence-electron chi connectivity index (χ3n) is 5.28. The van der Waals surface area contributed by atoms with Crippen LogP contribution in [0.1, 0.15) is 17.5 Å². The number of nitrogens with one attached hydrogen (secondary N) is 2. The number of rotatable bonds is 5. The minimum absolute atomic E-state index is 0.0160. The van der Waals surface area contributed by atoms with Gasteiger partial charge in [-0.05, 0) is 42.5 Å². The van der Waals surface area contributed by atoms with E-state index in [1.165, 1.54) is 42.6 Å². The van der Waals surface area contributed by atoms with Crippen LogP contribution in [0.3, 0.4) is 0 Å². The van der Waals surface area contributed by atoms with Gasteiger partial charge in [0.2, 0.25) is 5.88 Å². The molecule has 2 amide bonds. The van der Waals surface area contributed by atoms with Crippen molar-refractivity contribution in [2.75, 3.05) is 17.2 Å².